The fourth-order valence-electron chi connectivity index (χ4n) is 5.26. The number of hydrogen-bond acceptors (Lipinski definition) is 6. The Balaban J connectivity index is 1.12. The number of aromatic nitrogens is 2. The fourth-order valence-corrected chi connectivity index (χ4v) is 5.26. The van der Waals surface area contributed by atoms with Gasteiger partial charge in [0.05, 0.1) is 6.04 Å². The second kappa shape index (κ2) is 12.3. The minimum Gasteiger partial charge on any atom is -0.381 e. The van der Waals surface area contributed by atoms with E-state index in [1.54, 1.807) is 0 Å². The van der Waals surface area contributed by atoms with Crippen LogP contribution in [-0.4, -0.2) is 53.8 Å². The molecule has 0 spiro atoms. The Morgan fingerprint density at radius 3 is 2.39 bits per heavy atom. The molecule has 1 atom stereocenters. The third-order valence-corrected chi connectivity index (χ3v) is 7.47. The molecule has 0 aliphatic carbocycles. The van der Waals surface area contributed by atoms with E-state index in [0.29, 0.717) is 25.6 Å². The van der Waals surface area contributed by atoms with Gasteiger partial charge in [-0.15, -0.1) is 0 Å². The van der Waals surface area contributed by atoms with Gasteiger partial charge in [-0.05, 0) is 56.3 Å². The Labute approximate surface area is 213 Å². The number of benzene rings is 2. The van der Waals surface area contributed by atoms with Gasteiger partial charge in [0.15, 0.2) is 5.82 Å². The van der Waals surface area contributed by atoms with E-state index in [1.165, 1.54) is 11.1 Å². The summed E-state index contributed by atoms with van der Waals surface area (Å²) in [5.74, 6) is 2.06. The maximum atomic E-state index is 12.9. The molecule has 2 fully saturated rings. The van der Waals surface area contributed by atoms with Crippen molar-refractivity contribution in [3.8, 4) is 0 Å². The normalized spacial score (nSPS) is 18.7. The van der Waals surface area contributed by atoms with Crippen LogP contribution in [0.4, 0.5) is 0 Å². The van der Waals surface area contributed by atoms with Crippen molar-refractivity contribution in [3.05, 3.63) is 83.5 Å². The first-order valence-electron chi connectivity index (χ1n) is 13.3. The molecule has 2 aliphatic heterocycles. The van der Waals surface area contributed by atoms with Gasteiger partial charge in [-0.3, -0.25) is 4.79 Å². The topological polar surface area (TPSA) is 80.5 Å². The summed E-state index contributed by atoms with van der Waals surface area (Å²) in [6.45, 7) is 4.30. The molecule has 0 saturated carbocycles. The minimum atomic E-state index is 0.0238. The van der Waals surface area contributed by atoms with E-state index < -0.39 is 0 Å². The summed E-state index contributed by atoms with van der Waals surface area (Å²) >= 11 is 0. The van der Waals surface area contributed by atoms with E-state index in [2.05, 4.69) is 39.6 Å². The standard InChI is InChI=1S/C29H36N4O3/c34-28(24-14-19-35-20-15-24)30-26(23-9-5-2-6-10-23)13-18-33-16-11-25(12-17-33)29-31-27(32-36-29)21-22-7-3-1-4-8-22/h1-10,24-26H,11-21H2,(H,30,34)/t26-/m0/s1. The monoisotopic (exact) mass is 488 g/mol. The molecule has 0 unspecified atom stereocenters. The zero-order valence-corrected chi connectivity index (χ0v) is 20.9. The third-order valence-electron chi connectivity index (χ3n) is 7.47. The van der Waals surface area contributed by atoms with Crippen LogP contribution < -0.4 is 5.32 Å². The molecule has 0 radical (unpaired) electrons. The molecule has 7 nitrogen and oxygen atoms in total. The predicted octanol–water partition coefficient (Wildman–Crippen LogP) is 4.51. The van der Waals surface area contributed by atoms with Crippen molar-refractivity contribution in [1.29, 1.82) is 0 Å². The molecule has 5 rings (SSSR count). The zero-order valence-electron chi connectivity index (χ0n) is 20.9. The quantitative estimate of drug-likeness (QED) is 0.477. The van der Waals surface area contributed by atoms with Crippen LogP contribution in [0.15, 0.2) is 65.2 Å². The van der Waals surface area contributed by atoms with E-state index in [4.69, 9.17) is 14.2 Å². The van der Waals surface area contributed by atoms with Crippen LogP contribution in [0.3, 0.4) is 0 Å². The lowest BCUT2D eigenvalue weighted by molar-refractivity contribution is -0.128. The van der Waals surface area contributed by atoms with E-state index in [0.717, 1.165) is 63.5 Å². The van der Waals surface area contributed by atoms with Gasteiger partial charge in [-0.2, -0.15) is 4.98 Å². The number of hydrogen-bond donors (Lipinski definition) is 1. The van der Waals surface area contributed by atoms with E-state index in [-0.39, 0.29) is 17.9 Å². The van der Waals surface area contributed by atoms with Crippen molar-refractivity contribution < 1.29 is 14.1 Å². The first kappa shape index (κ1) is 24.7. The van der Waals surface area contributed by atoms with Crippen molar-refractivity contribution in [2.75, 3.05) is 32.8 Å². The highest BCUT2D eigenvalue weighted by atomic mass is 16.5. The van der Waals surface area contributed by atoms with Crippen molar-refractivity contribution in [2.45, 2.75) is 50.5 Å². The number of carbonyl (C=O) groups excluding carboxylic acids is 1. The number of nitrogens with zero attached hydrogens (tertiary/aromatic N) is 3. The average Bonchev–Trinajstić information content (AvgIpc) is 3.41. The summed E-state index contributed by atoms with van der Waals surface area (Å²) in [6.07, 6.45) is 5.23. The smallest absolute Gasteiger partial charge is 0.229 e. The van der Waals surface area contributed by atoms with E-state index in [1.807, 2.05) is 36.4 Å². The van der Waals surface area contributed by atoms with Crippen LogP contribution in [0.5, 0.6) is 0 Å². The number of rotatable bonds is 9. The van der Waals surface area contributed by atoms with Crippen LogP contribution in [0.2, 0.25) is 0 Å². The highest BCUT2D eigenvalue weighted by Crippen LogP contribution is 2.28. The Kier molecular flexibility index (Phi) is 8.41. The van der Waals surface area contributed by atoms with Crippen molar-refractivity contribution in [1.82, 2.24) is 20.4 Å². The summed E-state index contributed by atoms with van der Waals surface area (Å²) in [5, 5.41) is 7.56. The first-order chi connectivity index (χ1) is 17.7. The largest absolute Gasteiger partial charge is 0.381 e. The molecule has 3 aromatic rings. The number of piperidine rings is 1. The first-order valence-corrected chi connectivity index (χ1v) is 13.3. The van der Waals surface area contributed by atoms with Gasteiger partial charge in [0, 0.05) is 38.0 Å². The molecule has 7 heteroatoms. The maximum absolute atomic E-state index is 12.9. The summed E-state index contributed by atoms with van der Waals surface area (Å²) in [7, 11) is 0. The molecule has 36 heavy (non-hydrogen) atoms. The molecule has 1 aromatic heterocycles. The van der Waals surface area contributed by atoms with Crippen LogP contribution >= 0.6 is 0 Å². The maximum Gasteiger partial charge on any atom is 0.229 e. The molecule has 0 bridgehead atoms. The van der Waals surface area contributed by atoms with Crippen LogP contribution in [0, 0.1) is 5.92 Å². The molecule has 1 N–H and O–H groups in total. The minimum absolute atomic E-state index is 0.0238. The van der Waals surface area contributed by atoms with Crippen molar-refractivity contribution >= 4 is 5.91 Å². The number of ether oxygens (including phenoxy) is 1. The van der Waals surface area contributed by atoms with E-state index >= 15 is 0 Å². The van der Waals surface area contributed by atoms with Gasteiger partial charge in [0.2, 0.25) is 11.8 Å². The van der Waals surface area contributed by atoms with Gasteiger partial charge in [-0.25, -0.2) is 0 Å². The Morgan fingerprint density at radius 1 is 0.972 bits per heavy atom. The second-order valence-corrected chi connectivity index (χ2v) is 9.97. The molecular formula is C29H36N4O3. The SMILES string of the molecule is O=C(N[C@@H](CCN1CCC(c2nc(Cc3ccccc3)no2)CC1)c1ccccc1)C1CCOCC1. The van der Waals surface area contributed by atoms with Crippen molar-refractivity contribution in [2.24, 2.45) is 5.92 Å². The highest BCUT2D eigenvalue weighted by Gasteiger charge is 2.27. The summed E-state index contributed by atoms with van der Waals surface area (Å²) in [5.41, 5.74) is 2.36. The Bertz CT molecular complexity index is 1070. The lowest BCUT2D eigenvalue weighted by atomic mass is 9.95. The van der Waals surface area contributed by atoms with Gasteiger partial charge in [0.25, 0.3) is 0 Å². The summed E-state index contributed by atoms with van der Waals surface area (Å²) in [4.78, 5) is 20.1. The van der Waals surface area contributed by atoms with Crippen LogP contribution in [-0.2, 0) is 16.0 Å². The summed E-state index contributed by atoms with van der Waals surface area (Å²) in [6, 6.07) is 20.6. The van der Waals surface area contributed by atoms with Gasteiger partial charge in [0.1, 0.15) is 0 Å². The lowest BCUT2D eigenvalue weighted by Gasteiger charge is -2.32. The van der Waals surface area contributed by atoms with Gasteiger partial charge in [-0.1, -0.05) is 65.8 Å². The average molecular weight is 489 g/mol. The van der Waals surface area contributed by atoms with Crippen molar-refractivity contribution in [3.63, 3.8) is 0 Å². The summed E-state index contributed by atoms with van der Waals surface area (Å²) < 4.78 is 11.1. The highest BCUT2D eigenvalue weighted by molar-refractivity contribution is 5.79. The number of likely N-dealkylation sites (tertiary alicyclic amines) is 1. The van der Waals surface area contributed by atoms with Crippen LogP contribution in [0.25, 0.3) is 0 Å². The molecular weight excluding hydrogens is 452 g/mol. The van der Waals surface area contributed by atoms with Gasteiger partial charge < -0.3 is 19.5 Å². The fraction of sp³-hybridized carbons (Fsp3) is 0.483. The Hall–Kier alpha value is -3.03. The molecule has 190 valence electrons. The number of nitrogens with one attached hydrogen (secondary N) is 1. The molecule has 2 aliphatic rings. The molecule has 2 aromatic carbocycles. The Morgan fingerprint density at radius 2 is 1.67 bits per heavy atom. The predicted molar refractivity (Wildman–Crippen MR) is 137 cm³/mol. The van der Waals surface area contributed by atoms with Gasteiger partial charge >= 0.3 is 0 Å². The number of carbonyl (C=O) groups is 1. The second-order valence-electron chi connectivity index (χ2n) is 9.97. The molecule has 1 amide bonds. The lowest BCUT2D eigenvalue weighted by Crippen LogP contribution is -2.39. The third kappa shape index (κ3) is 6.59. The molecule has 2 saturated heterocycles. The zero-order chi connectivity index (χ0) is 24.6. The number of amides is 1. The van der Waals surface area contributed by atoms with E-state index in [9.17, 15) is 4.79 Å². The van der Waals surface area contributed by atoms with Crippen LogP contribution in [0.1, 0.15) is 66.9 Å². The molecule has 3 heterocycles.